The van der Waals surface area contributed by atoms with Crippen LogP contribution in [0.3, 0.4) is 0 Å². The Morgan fingerprint density at radius 2 is 2.06 bits per heavy atom. The number of amides is 1. The summed E-state index contributed by atoms with van der Waals surface area (Å²) in [6.07, 6.45) is 1.72. The number of carboxylic acid groups (broad SMARTS) is 1. The van der Waals surface area contributed by atoms with Crippen LogP contribution in [0.2, 0.25) is 0 Å². The van der Waals surface area contributed by atoms with E-state index in [9.17, 15) is 9.59 Å². The zero-order chi connectivity index (χ0) is 12.4. The lowest BCUT2D eigenvalue weighted by Crippen LogP contribution is -2.28. The molecule has 1 amide bonds. The van der Waals surface area contributed by atoms with Crippen molar-refractivity contribution in [2.45, 2.75) is 26.3 Å². The molecule has 0 fully saturated rings. The molecule has 2 rings (SSSR count). The standard InChI is InChI=1S/C13H15NO3/c1-9(15)14-6-2-3-10-7-11(13(16)17)4-5-12(10)8-14/h4-5,7H,2-3,6,8H2,1H3,(H,16,17). The van der Waals surface area contributed by atoms with E-state index < -0.39 is 5.97 Å². The number of carbonyl (C=O) groups excluding carboxylic acids is 1. The molecule has 0 aromatic heterocycles. The van der Waals surface area contributed by atoms with Gasteiger partial charge in [0, 0.05) is 20.0 Å². The summed E-state index contributed by atoms with van der Waals surface area (Å²) in [5.74, 6) is -0.833. The molecule has 1 aliphatic rings. The van der Waals surface area contributed by atoms with Crippen molar-refractivity contribution in [3.63, 3.8) is 0 Å². The van der Waals surface area contributed by atoms with Crippen LogP contribution in [0.15, 0.2) is 18.2 Å². The lowest BCUT2D eigenvalue weighted by Gasteiger charge is -2.18. The molecular weight excluding hydrogens is 218 g/mol. The topological polar surface area (TPSA) is 57.6 Å². The summed E-state index contributed by atoms with van der Waals surface area (Å²) < 4.78 is 0. The number of fused-ring (bicyclic) bond motifs is 1. The molecule has 0 saturated heterocycles. The van der Waals surface area contributed by atoms with E-state index in [2.05, 4.69) is 0 Å². The maximum atomic E-state index is 11.4. The quantitative estimate of drug-likeness (QED) is 0.802. The van der Waals surface area contributed by atoms with Gasteiger partial charge in [-0.15, -0.1) is 0 Å². The van der Waals surface area contributed by atoms with E-state index in [-0.39, 0.29) is 5.91 Å². The first kappa shape index (κ1) is 11.6. The second-order valence-electron chi connectivity index (χ2n) is 4.33. The molecule has 0 radical (unpaired) electrons. The minimum absolute atomic E-state index is 0.0696. The third kappa shape index (κ3) is 2.46. The number of aryl methyl sites for hydroxylation is 1. The third-order valence-corrected chi connectivity index (χ3v) is 3.13. The fraction of sp³-hybridized carbons (Fsp3) is 0.385. The summed E-state index contributed by atoms with van der Waals surface area (Å²) in [5, 5.41) is 8.93. The van der Waals surface area contributed by atoms with Crippen LogP contribution in [-0.2, 0) is 17.8 Å². The van der Waals surface area contributed by atoms with Crippen LogP contribution in [0.25, 0.3) is 0 Å². The predicted molar refractivity (Wildman–Crippen MR) is 62.8 cm³/mol. The van der Waals surface area contributed by atoms with Gasteiger partial charge in [-0.25, -0.2) is 4.79 Å². The number of hydrogen-bond donors (Lipinski definition) is 1. The highest BCUT2D eigenvalue weighted by Gasteiger charge is 2.17. The Labute approximate surface area is 99.9 Å². The summed E-state index contributed by atoms with van der Waals surface area (Å²) in [4.78, 5) is 24.0. The molecule has 0 bridgehead atoms. The Balaban J connectivity index is 2.32. The van der Waals surface area contributed by atoms with Crippen LogP contribution in [0.5, 0.6) is 0 Å². The Kier molecular flexibility index (Phi) is 3.13. The van der Waals surface area contributed by atoms with Crippen molar-refractivity contribution in [1.29, 1.82) is 0 Å². The van der Waals surface area contributed by atoms with Crippen LogP contribution >= 0.6 is 0 Å². The van der Waals surface area contributed by atoms with Gasteiger partial charge in [0.1, 0.15) is 0 Å². The van der Waals surface area contributed by atoms with E-state index in [1.54, 1.807) is 24.0 Å². The molecule has 0 unspecified atom stereocenters. The van der Waals surface area contributed by atoms with Crippen molar-refractivity contribution in [2.24, 2.45) is 0 Å². The first-order chi connectivity index (χ1) is 8.08. The van der Waals surface area contributed by atoms with Gasteiger partial charge < -0.3 is 10.0 Å². The molecule has 0 spiro atoms. The van der Waals surface area contributed by atoms with Gasteiger partial charge in [-0.2, -0.15) is 0 Å². The molecule has 1 heterocycles. The molecule has 4 heteroatoms. The first-order valence-electron chi connectivity index (χ1n) is 5.68. The number of rotatable bonds is 1. The van der Waals surface area contributed by atoms with Gasteiger partial charge in [0.05, 0.1) is 5.56 Å². The molecule has 1 N–H and O–H groups in total. The highest BCUT2D eigenvalue weighted by Crippen LogP contribution is 2.20. The molecule has 1 aromatic rings. The molecule has 0 saturated carbocycles. The maximum Gasteiger partial charge on any atom is 0.335 e. The summed E-state index contributed by atoms with van der Waals surface area (Å²) in [7, 11) is 0. The van der Waals surface area contributed by atoms with Gasteiger partial charge in [0.25, 0.3) is 0 Å². The molecule has 90 valence electrons. The van der Waals surface area contributed by atoms with E-state index in [0.29, 0.717) is 12.1 Å². The average molecular weight is 233 g/mol. The van der Waals surface area contributed by atoms with Gasteiger partial charge in [-0.3, -0.25) is 4.79 Å². The number of aromatic carboxylic acids is 1. The Bertz CT molecular complexity index is 468. The van der Waals surface area contributed by atoms with Crippen LogP contribution in [0, 0.1) is 0 Å². The molecule has 1 aromatic carbocycles. The fourth-order valence-corrected chi connectivity index (χ4v) is 2.16. The Morgan fingerprint density at radius 3 is 2.71 bits per heavy atom. The highest BCUT2D eigenvalue weighted by molar-refractivity contribution is 5.88. The van der Waals surface area contributed by atoms with E-state index >= 15 is 0 Å². The van der Waals surface area contributed by atoms with E-state index in [1.165, 1.54) is 0 Å². The van der Waals surface area contributed by atoms with Crippen LogP contribution in [-0.4, -0.2) is 28.4 Å². The van der Waals surface area contributed by atoms with Gasteiger partial charge in [0.2, 0.25) is 5.91 Å². The minimum atomic E-state index is -0.902. The van der Waals surface area contributed by atoms with Gasteiger partial charge in [-0.05, 0) is 36.1 Å². The number of carbonyl (C=O) groups is 2. The zero-order valence-electron chi connectivity index (χ0n) is 9.77. The first-order valence-corrected chi connectivity index (χ1v) is 5.68. The van der Waals surface area contributed by atoms with Crippen molar-refractivity contribution >= 4 is 11.9 Å². The fourth-order valence-electron chi connectivity index (χ4n) is 2.16. The molecule has 0 aliphatic carbocycles. The van der Waals surface area contributed by atoms with Crippen molar-refractivity contribution in [1.82, 2.24) is 4.90 Å². The van der Waals surface area contributed by atoms with E-state index in [1.807, 2.05) is 6.07 Å². The summed E-state index contributed by atoms with van der Waals surface area (Å²) in [5.41, 5.74) is 2.43. The monoisotopic (exact) mass is 233 g/mol. The van der Waals surface area contributed by atoms with Crippen LogP contribution < -0.4 is 0 Å². The summed E-state index contributed by atoms with van der Waals surface area (Å²) in [6.45, 7) is 2.90. The number of benzene rings is 1. The molecule has 4 nitrogen and oxygen atoms in total. The highest BCUT2D eigenvalue weighted by atomic mass is 16.4. The van der Waals surface area contributed by atoms with E-state index in [4.69, 9.17) is 5.11 Å². The van der Waals surface area contributed by atoms with Gasteiger partial charge >= 0.3 is 5.97 Å². The second-order valence-corrected chi connectivity index (χ2v) is 4.33. The lowest BCUT2D eigenvalue weighted by molar-refractivity contribution is -0.129. The molecular formula is C13H15NO3. The largest absolute Gasteiger partial charge is 0.478 e. The van der Waals surface area contributed by atoms with Crippen molar-refractivity contribution < 1.29 is 14.7 Å². The second kappa shape index (κ2) is 4.57. The molecule has 17 heavy (non-hydrogen) atoms. The Morgan fingerprint density at radius 1 is 1.29 bits per heavy atom. The van der Waals surface area contributed by atoms with Gasteiger partial charge in [-0.1, -0.05) is 6.07 Å². The van der Waals surface area contributed by atoms with Crippen LogP contribution in [0.4, 0.5) is 0 Å². The zero-order valence-corrected chi connectivity index (χ0v) is 9.77. The number of carboxylic acids is 1. The SMILES string of the molecule is CC(=O)N1CCCc2cc(C(=O)O)ccc2C1. The van der Waals surface area contributed by atoms with Gasteiger partial charge in [0.15, 0.2) is 0 Å². The van der Waals surface area contributed by atoms with Crippen molar-refractivity contribution in [3.05, 3.63) is 34.9 Å². The number of hydrogen-bond acceptors (Lipinski definition) is 2. The summed E-state index contributed by atoms with van der Waals surface area (Å²) >= 11 is 0. The minimum Gasteiger partial charge on any atom is -0.478 e. The molecule has 1 aliphatic heterocycles. The summed E-state index contributed by atoms with van der Waals surface area (Å²) in [6, 6.07) is 5.14. The average Bonchev–Trinajstić information content (AvgIpc) is 2.49. The molecule has 0 atom stereocenters. The normalized spacial score (nSPS) is 15.0. The number of nitrogens with zero attached hydrogens (tertiary/aromatic N) is 1. The lowest BCUT2D eigenvalue weighted by atomic mass is 10.0. The predicted octanol–water partition coefficient (Wildman–Crippen LogP) is 1.68. The van der Waals surface area contributed by atoms with Crippen LogP contribution in [0.1, 0.15) is 34.8 Å². The van der Waals surface area contributed by atoms with E-state index in [0.717, 1.165) is 30.5 Å². The maximum absolute atomic E-state index is 11.4. The van der Waals surface area contributed by atoms with Crippen molar-refractivity contribution in [2.75, 3.05) is 6.54 Å². The van der Waals surface area contributed by atoms with Crippen molar-refractivity contribution in [3.8, 4) is 0 Å². The third-order valence-electron chi connectivity index (χ3n) is 3.13. The Hall–Kier alpha value is -1.84. The smallest absolute Gasteiger partial charge is 0.335 e.